The van der Waals surface area contributed by atoms with Gasteiger partial charge in [0.25, 0.3) is 5.91 Å². The lowest BCUT2D eigenvalue weighted by atomic mass is 10.1. The van der Waals surface area contributed by atoms with Crippen LogP contribution in [0.2, 0.25) is 0 Å². The molecule has 1 fully saturated rings. The molecule has 31 heavy (non-hydrogen) atoms. The van der Waals surface area contributed by atoms with Crippen molar-refractivity contribution in [3.8, 4) is 11.4 Å². The molecule has 4 rings (SSSR count). The molecule has 2 aromatic carbocycles. The molecule has 1 aromatic heterocycles. The average molecular weight is 430 g/mol. The number of rotatable bonds is 4. The van der Waals surface area contributed by atoms with E-state index in [1.165, 1.54) is 12.1 Å². The zero-order valence-corrected chi connectivity index (χ0v) is 16.8. The zero-order valence-electron chi connectivity index (χ0n) is 16.8. The monoisotopic (exact) mass is 430 g/mol. The number of piperazine rings is 1. The highest BCUT2D eigenvalue weighted by molar-refractivity contribution is 5.94. The number of carbonyl (C=O) groups is 1. The molecule has 0 spiro atoms. The van der Waals surface area contributed by atoms with E-state index in [2.05, 4.69) is 15.0 Å². The van der Waals surface area contributed by atoms with Crippen molar-refractivity contribution in [1.29, 1.82) is 0 Å². The fraction of sp³-hybridized carbons (Fsp3) is 0.318. The van der Waals surface area contributed by atoms with E-state index in [4.69, 9.17) is 4.52 Å². The van der Waals surface area contributed by atoms with E-state index in [-0.39, 0.29) is 23.3 Å². The second-order valence-electron chi connectivity index (χ2n) is 7.40. The summed E-state index contributed by atoms with van der Waals surface area (Å²) in [6.07, 6.45) is -4.44. The number of benzene rings is 2. The van der Waals surface area contributed by atoms with Gasteiger partial charge in [-0.1, -0.05) is 35.5 Å². The molecule has 3 aromatic rings. The van der Waals surface area contributed by atoms with Gasteiger partial charge in [-0.25, -0.2) is 0 Å². The minimum atomic E-state index is -4.44. The van der Waals surface area contributed by atoms with Crippen molar-refractivity contribution in [2.24, 2.45) is 0 Å². The lowest BCUT2D eigenvalue weighted by Crippen LogP contribution is -2.49. The van der Waals surface area contributed by atoms with Crippen LogP contribution in [0.4, 0.5) is 13.2 Å². The quantitative estimate of drug-likeness (QED) is 0.619. The molecule has 1 aliphatic heterocycles. The Morgan fingerprint density at radius 3 is 2.42 bits per heavy atom. The van der Waals surface area contributed by atoms with E-state index >= 15 is 0 Å². The van der Waals surface area contributed by atoms with Crippen molar-refractivity contribution in [3.05, 3.63) is 71.6 Å². The van der Waals surface area contributed by atoms with Gasteiger partial charge in [0.2, 0.25) is 11.7 Å². The molecule has 0 N–H and O–H groups in total. The molecule has 1 saturated heterocycles. The van der Waals surface area contributed by atoms with Crippen LogP contribution in [0.5, 0.6) is 0 Å². The minimum absolute atomic E-state index is 0.00229. The highest BCUT2D eigenvalue weighted by Crippen LogP contribution is 2.32. The SMILES string of the molecule is C[C@H](c1nc(-c2cccc(C(F)(F)F)c2)no1)N1CCN(C(=O)c2ccccc2)CC1. The van der Waals surface area contributed by atoms with Gasteiger partial charge in [0, 0.05) is 37.3 Å². The van der Waals surface area contributed by atoms with E-state index in [1.54, 1.807) is 17.0 Å². The van der Waals surface area contributed by atoms with Crippen LogP contribution in [0, 0.1) is 0 Å². The van der Waals surface area contributed by atoms with Crippen LogP contribution >= 0.6 is 0 Å². The summed E-state index contributed by atoms with van der Waals surface area (Å²) in [6, 6.07) is 13.8. The second-order valence-corrected chi connectivity index (χ2v) is 7.40. The number of hydrogen-bond donors (Lipinski definition) is 0. The maximum absolute atomic E-state index is 13.0. The smallest absolute Gasteiger partial charge is 0.337 e. The largest absolute Gasteiger partial charge is 0.416 e. The molecule has 162 valence electrons. The van der Waals surface area contributed by atoms with Crippen molar-refractivity contribution in [3.63, 3.8) is 0 Å². The molecule has 0 bridgehead atoms. The fourth-order valence-corrected chi connectivity index (χ4v) is 3.59. The first-order chi connectivity index (χ1) is 14.8. The normalized spacial score (nSPS) is 16.3. The van der Waals surface area contributed by atoms with Gasteiger partial charge in [0.1, 0.15) is 0 Å². The third-order valence-electron chi connectivity index (χ3n) is 5.42. The summed E-state index contributed by atoms with van der Waals surface area (Å²) in [7, 11) is 0. The molecular formula is C22H21F3N4O2. The Kier molecular flexibility index (Phi) is 5.77. The zero-order chi connectivity index (χ0) is 22.0. The molecular weight excluding hydrogens is 409 g/mol. The van der Waals surface area contributed by atoms with Crippen LogP contribution in [0.25, 0.3) is 11.4 Å². The molecule has 0 radical (unpaired) electrons. The van der Waals surface area contributed by atoms with Crippen molar-refractivity contribution >= 4 is 5.91 Å². The van der Waals surface area contributed by atoms with Gasteiger partial charge in [-0.15, -0.1) is 0 Å². The summed E-state index contributed by atoms with van der Waals surface area (Å²) in [6.45, 7) is 4.28. The predicted molar refractivity (Wildman–Crippen MR) is 107 cm³/mol. The second kappa shape index (κ2) is 8.50. The Bertz CT molecular complexity index is 1040. The van der Waals surface area contributed by atoms with Crippen LogP contribution in [-0.2, 0) is 6.18 Å². The molecule has 9 heteroatoms. The molecule has 1 atom stereocenters. The summed E-state index contributed by atoms with van der Waals surface area (Å²) < 4.78 is 44.2. The van der Waals surface area contributed by atoms with Crippen molar-refractivity contribution in [2.75, 3.05) is 26.2 Å². The van der Waals surface area contributed by atoms with E-state index in [0.717, 1.165) is 12.1 Å². The number of nitrogens with zero attached hydrogens (tertiary/aromatic N) is 4. The molecule has 6 nitrogen and oxygen atoms in total. The lowest BCUT2D eigenvalue weighted by molar-refractivity contribution is -0.137. The molecule has 1 aliphatic rings. The first-order valence-corrected chi connectivity index (χ1v) is 9.92. The highest BCUT2D eigenvalue weighted by Gasteiger charge is 2.31. The van der Waals surface area contributed by atoms with Crippen LogP contribution in [0.1, 0.15) is 34.8 Å². The molecule has 2 heterocycles. The van der Waals surface area contributed by atoms with Crippen LogP contribution < -0.4 is 0 Å². The van der Waals surface area contributed by atoms with E-state index in [1.807, 2.05) is 25.1 Å². The summed E-state index contributed by atoms with van der Waals surface area (Å²) >= 11 is 0. The Labute approximate surface area is 177 Å². The van der Waals surface area contributed by atoms with Gasteiger partial charge < -0.3 is 9.42 Å². The number of halogens is 3. The first-order valence-electron chi connectivity index (χ1n) is 9.92. The average Bonchev–Trinajstić information content (AvgIpc) is 3.29. The van der Waals surface area contributed by atoms with E-state index in [0.29, 0.717) is 37.6 Å². The van der Waals surface area contributed by atoms with Crippen LogP contribution in [0.15, 0.2) is 59.1 Å². The minimum Gasteiger partial charge on any atom is -0.337 e. The maximum Gasteiger partial charge on any atom is 0.416 e. The standard InChI is InChI=1S/C22H21F3N4O2/c1-15(28-10-12-29(13-11-28)21(30)16-6-3-2-4-7-16)20-26-19(27-31-20)17-8-5-9-18(14-17)22(23,24)25/h2-9,14-15H,10-13H2,1H3/t15-/m1/s1. The van der Waals surface area contributed by atoms with Gasteiger partial charge >= 0.3 is 6.18 Å². The molecule has 0 saturated carbocycles. The molecule has 0 aliphatic carbocycles. The summed E-state index contributed by atoms with van der Waals surface area (Å²) in [4.78, 5) is 20.8. The molecule has 0 unspecified atom stereocenters. The van der Waals surface area contributed by atoms with Gasteiger partial charge in [-0.05, 0) is 31.2 Å². The van der Waals surface area contributed by atoms with Crippen molar-refractivity contribution in [1.82, 2.24) is 19.9 Å². The first kappa shape index (κ1) is 21.0. The maximum atomic E-state index is 13.0. The van der Waals surface area contributed by atoms with E-state index < -0.39 is 11.7 Å². The van der Waals surface area contributed by atoms with Crippen molar-refractivity contribution < 1.29 is 22.5 Å². The Morgan fingerprint density at radius 1 is 1.03 bits per heavy atom. The Balaban J connectivity index is 1.41. The topological polar surface area (TPSA) is 62.5 Å². The van der Waals surface area contributed by atoms with Crippen LogP contribution in [0.3, 0.4) is 0 Å². The number of amides is 1. The predicted octanol–water partition coefficient (Wildman–Crippen LogP) is 4.27. The summed E-state index contributed by atoms with van der Waals surface area (Å²) in [5.74, 6) is 0.443. The number of carbonyl (C=O) groups excluding carboxylic acids is 1. The number of aromatic nitrogens is 2. The summed E-state index contributed by atoms with van der Waals surface area (Å²) in [5.41, 5.74) is 0.144. The third kappa shape index (κ3) is 4.61. The number of hydrogen-bond acceptors (Lipinski definition) is 5. The van der Waals surface area contributed by atoms with Crippen LogP contribution in [-0.4, -0.2) is 52.0 Å². The van der Waals surface area contributed by atoms with Gasteiger partial charge in [0.05, 0.1) is 11.6 Å². The Morgan fingerprint density at radius 2 is 1.74 bits per heavy atom. The molecule has 1 amide bonds. The van der Waals surface area contributed by atoms with Gasteiger partial charge in [-0.3, -0.25) is 9.69 Å². The fourth-order valence-electron chi connectivity index (χ4n) is 3.59. The third-order valence-corrected chi connectivity index (χ3v) is 5.42. The highest BCUT2D eigenvalue weighted by atomic mass is 19.4. The van der Waals surface area contributed by atoms with Gasteiger partial charge in [0.15, 0.2) is 0 Å². The van der Waals surface area contributed by atoms with E-state index in [9.17, 15) is 18.0 Å². The van der Waals surface area contributed by atoms with Gasteiger partial charge in [-0.2, -0.15) is 18.2 Å². The lowest BCUT2D eigenvalue weighted by Gasteiger charge is -2.36. The van der Waals surface area contributed by atoms with Crippen molar-refractivity contribution in [2.45, 2.75) is 19.1 Å². The number of alkyl halides is 3. The summed E-state index contributed by atoms with van der Waals surface area (Å²) in [5, 5.41) is 3.86. The Hall–Kier alpha value is -3.20.